The van der Waals surface area contributed by atoms with Gasteiger partial charge in [-0.15, -0.1) is 0 Å². The van der Waals surface area contributed by atoms with Crippen LogP contribution < -0.4 is 5.73 Å². The Kier molecular flexibility index (Phi) is 4.52. The first-order valence-corrected chi connectivity index (χ1v) is 9.13. The number of anilines is 1. The van der Waals surface area contributed by atoms with Crippen LogP contribution in [0.3, 0.4) is 0 Å². The van der Waals surface area contributed by atoms with Crippen molar-refractivity contribution in [2.24, 2.45) is 0 Å². The molecule has 20 heavy (non-hydrogen) atoms. The molecular formula is C12H16Br2N2O3S. The molecule has 112 valence electrons. The normalized spacial score (nSPS) is 24.8. The Labute approximate surface area is 135 Å². The number of halogens is 2. The smallest absolute Gasteiger partial charge is 0.246 e. The molecule has 0 radical (unpaired) electrons. The zero-order chi connectivity index (χ0) is 15.1. The van der Waals surface area contributed by atoms with Crippen molar-refractivity contribution >= 4 is 47.6 Å². The van der Waals surface area contributed by atoms with Crippen molar-refractivity contribution in [1.29, 1.82) is 0 Å². The molecule has 2 rings (SSSR count). The number of rotatable bonds is 2. The van der Waals surface area contributed by atoms with Gasteiger partial charge in [0.1, 0.15) is 4.90 Å². The van der Waals surface area contributed by atoms with Gasteiger partial charge in [-0.05, 0) is 47.8 Å². The van der Waals surface area contributed by atoms with E-state index < -0.39 is 15.6 Å². The van der Waals surface area contributed by atoms with E-state index >= 15 is 0 Å². The second kappa shape index (κ2) is 5.57. The Morgan fingerprint density at radius 2 is 2.05 bits per heavy atom. The van der Waals surface area contributed by atoms with Crippen molar-refractivity contribution in [3.8, 4) is 0 Å². The van der Waals surface area contributed by atoms with E-state index in [0.717, 1.165) is 0 Å². The summed E-state index contributed by atoms with van der Waals surface area (Å²) in [6.07, 6.45) is 1.22. The van der Waals surface area contributed by atoms with Gasteiger partial charge in [0.25, 0.3) is 0 Å². The molecule has 1 heterocycles. The number of β-amino-alcohol motifs (C(OH)–C–C–N with tert-alkyl or cyclic N) is 1. The van der Waals surface area contributed by atoms with Crippen molar-refractivity contribution in [3.05, 3.63) is 21.1 Å². The Hall–Kier alpha value is -0.150. The van der Waals surface area contributed by atoms with E-state index in [4.69, 9.17) is 5.73 Å². The summed E-state index contributed by atoms with van der Waals surface area (Å²) in [7, 11) is -3.73. The number of nitrogen functional groups attached to an aromatic ring is 1. The number of piperidine rings is 1. The SMILES string of the molecule is CC1(O)CCCN(S(=O)(=O)c2c(N)cc(Br)cc2Br)C1. The van der Waals surface area contributed by atoms with E-state index in [9.17, 15) is 13.5 Å². The zero-order valence-corrected chi connectivity index (χ0v) is 14.9. The minimum atomic E-state index is -3.73. The van der Waals surface area contributed by atoms with Crippen LogP contribution >= 0.6 is 31.9 Å². The zero-order valence-electron chi connectivity index (χ0n) is 10.9. The molecule has 0 bridgehead atoms. The van der Waals surface area contributed by atoms with Gasteiger partial charge in [0.05, 0.1) is 11.3 Å². The summed E-state index contributed by atoms with van der Waals surface area (Å²) in [4.78, 5) is 0.0541. The highest BCUT2D eigenvalue weighted by Gasteiger charge is 2.37. The maximum absolute atomic E-state index is 12.7. The Balaban J connectivity index is 2.46. The van der Waals surface area contributed by atoms with Gasteiger partial charge < -0.3 is 10.8 Å². The number of sulfonamides is 1. The van der Waals surface area contributed by atoms with Gasteiger partial charge in [0.15, 0.2) is 0 Å². The maximum Gasteiger partial charge on any atom is 0.246 e. The molecule has 5 nitrogen and oxygen atoms in total. The van der Waals surface area contributed by atoms with Crippen LogP contribution in [0.25, 0.3) is 0 Å². The van der Waals surface area contributed by atoms with E-state index in [1.807, 2.05) is 0 Å². The van der Waals surface area contributed by atoms with Gasteiger partial charge in [-0.25, -0.2) is 8.42 Å². The lowest BCUT2D eigenvalue weighted by Gasteiger charge is -2.36. The lowest BCUT2D eigenvalue weighted by atomic mass is 9.97. The molecule has 0 aromatic heterocycles. The third kappa shape index (κ3) is 3.19. The predicted octanol–water partition coefficient (Wildman–Crippen LogP) is 2.33. The van der Waals surface area contributed by atoms with Crippen molar-refractivity contribution in [3.63, 3.8) is 0 Å². The van der Waals surface area contributed by atoms with E-state index in [1.165, 1.54) is 4.31 Å². The quantitative estimate of drug-likeness (QED) is 0.709. The lowest BCUT2D eigenvalue weighted by molar-refractivity contribution is 0.00940. The lowest BCUT2D eigenvalue weighted by Crippen LogP contribution is -2.48. The van der Waals surface area contributed by atoms with E-state index in [-0.39, 0.29) is 17.1 Å². The third-order valence-electron chi connectivity index (χ3n) is 3.27. The standard InChI is InChI=1S/C12H16Br2N2O3S/c1-12(17)3-2-4-16(7-12)20(18,19)11-9(14)5-8(13)6-10(11)15/h5-6,17H,2-4,7,15H2,1H3. The number of nitrogens with two attached hydrogens (primary N) is 1. The molecule has 8 heteroatoms. The Morgan fingerprint density at radius 1 is 1.40 bits per heavy atom. The molecule has 1 atom stereocenters. The summed E-state index contributed by atoms with van der Waals surface area (Å²) in [6.45, 7) is 2.12. The summed E-state index contributed by atoms with van der Waals surface area (Å²) in [5.74, 6) is 0. The molecule has 0 saturated carbocycles. The van der Waals surface area contributed by atoms with Crippen LogP contribution in [-0.4, -0.2) is 36.5 Å². The Bertz CT molecular complexity index is 609. The summed E-state index contributed by atoms with van der Waals surface area (Å²) >= 11 is 6.52. The second-order valence-electron chi connectivity index (χ2n) is 5.25. The second-order valence-corrected chi connectivity index (χ2v) is 8.89. The first kappa shape index (κ1) is 16.2. The molecule has 1 saturated heterocycles. The number of benzene rings is 1. The molecule has 3 N–H and O–H groups in total. The van der Waals surface area contributed by atoms with Gasteiger partial charge in [-0.3, -0.25) is 0 Å². The first-order chi connectivity index (χ1) is 9.13. The molecule has 1 aliphatic rings. The fraction of sp³-hybridized carbons (Fsp3) is 0.500. The molecule has 0 amide bonds. The number of aliphatic hydroxyl groups is 1. The van der Waals surface area contributed by atoms with Crippen molar-refractivity contribution in [1.82, 2.24) is 4.31 Å². The summed E-state index contributed by atoms with van der Waals surface area (Å²) < 4.78 is 27.8. The van der Waals surface area contributed by atoms with Crippen LogP contribution in [0.4, 0.5) is 5.69 Å². The van der Waals surface area contributed by atoms with Crippen LogP contribution in [0.2, 0.25) is 0 Å². The highest BCUT2D eigenvalue weighted by Crippen LogP contribution is 2.35. The summed E-state index contributed by atoms with van der Waals surface area (Å²) in [6, 6.07) is 3.20. The van der Waals surface area contributed by atoms with Gasteiger partial charge >= 0.3 is 0 Å². The van der Waals surface area contributed by atoms with Crippen LogP contribution in [0.1, 0.15) is 19.8 Å². The summed E-state index contributed by atoms with van der Waals surface area (Å²) in [5, 5.41) is 10.1. The molecule has 0 spiro atoms. The first-order valence-electron chi connectivity index (χ1n) is 6.10. The van der Waals surface area contributed by atoms with E-state index in [2.05, 4.69) is 31.9 Å². The molecule has 1 aliphatic heterocycles. The third-order valence-corrected chi connectivity index (χ3v) is 6.58. The predicted molar refractivity (Wildman–Crippen MR) is 84.9 cm³/mol. The number of hydrogen-bond donors (Lipinski definition) is 2. The minimum absolute atomic E-state index is 0.0541. The van der Waals surface area contributed by atoms with Crippen LogP contribution in [0.5, 0.6) is 0 Å². The Morgan fingerprint density at radius 3 is 2.60 bits per heavy atom. The van der Waals surface area contributed by atoms with Gasteiger partial charge in [-0.1, -0.05) is 15.9 Å². The monoisotopic (exact) mass is 426 g/mol. The molecule has 1 aromatic rings. The average Bonchev–Trinajstić information content (AvgIpc) is 2.25. The van der Waals surface area contributed by atoms with Gasteiger partial charge in [0, 0.05) is 22.0 Å². The van der Waals surface area contributed by atoms with E-state index in [1.54, 1.807) is 19.1 Å². The van der Waals surface area contributed by atoms with E-state index in [0.29, 0.717) is 28.3 Å². The van der Waals surface area contributed by atoms with Crippen molar-refractivity contribution < 1.29 is 13.5 Å². The highest BCUT2D eigenvalue weighted by molar-refractivity contribution is 9.11. The topological polar surface area (TPSA) is 83.6 Å². The molecule has 0 aliphatic carbocycles. The fourth-order valence-electron chi connectivity index (χ4n) is 2.36. The molecular weight excluding hydrogens is 412 g/mol. The maximum atomic E-state index is 12.7. The highest BCUT2D eigenvalue weighted by atomic mass is 79.9. The molecule has 1 unspecified atom stereocenters. The number of hydrogen-bond acceptors (Lipinski definition) is 4. The number of nitrogens with zero attached hydrogens (tertiary/aromatic N) is 1. The summed E-state index contributed by atoms with van der Waals surface area (Å²) in [5.41, 5.74) is 5.03. The molecule has 1 aromatic carbocycles. The van der Waals surface area contributed by atoms with Crippen LogP contribution in [-0.2, 0) is 10.0 Å². The largest absolute Gasteiger partial charge is 0.398 e. The van der Waals surface area contributed by atoms with Crippen molar-refractivity contribution in [2.75, 3.05) is 18.8 Å². The minimum Gasteiger partial charge on any atom is -0.398 e. The van der Waals surface area contributed by atoms with Gasteiger partial charge in [-0.2, -0.15) is 4.31 Å². The van der Waals surface area contributed by atoms with Crippen LogP contribution in [0, 0.1) is 0 Å². The fourth-order valence-corrected chi connectivity index (χ4v) is 5.97. The molecule has 1 fully saturated rings. The van der Waals surface area contributed by atoms with Crippen LogP contribution in [0.15, 0.2) is 26.0 Å². The average molecular weight is 428 g/mol. The van der Waals surface area contributed by atoms with Crippen molar-refractivity contribution in [2.45, 2.75) is 30.3 Å². The van der Waals surface area contributed by atoms with Gasteiger partial charge in [0.2, 0.25) is 10.0 Å².